The van der Waals surface area contributed by atoms with E-state index >= 15 is 0 Å². The van der Waals surface area contributed by atoms with Crippen molar-refractivity contribution >= 4 is 0 Å². The summed E-state index contributed by atoms with van der Waals surface area (Å²) in [7, 11) is 0. The minimum atomic E-state index is -0.220. The number of nitrogens with one attached hydrogen (secondary N) is 1. The number of rotatable bonds is 4. The van der Waals surface area contributed by atoms with E-state index in [0.29, 0.717) is 24.5 Å². The van der Waals surface area contributed by atoms with Gasteiger partial charge in [0.25, 0.3) is 5.56 Å². The molecule has 0 spiro atoms. The third kappa shape index (κ3) is 2.75. The van der Waals surface area contributed by atoms with Gasteiger partial charge >= 0.3 is 0 Å². The first-order valence-corrected chi connectivity index (χ1v) is 5.79. The molecule has 0 atom stereocenters. The van der Waals surface area contributed by atoms with Gasteiger partial charge in [-0.1, -0.05) is 25.1 Å². The molecule has 0 aliphatic carbocycles. The molecule has 0 aliphatic rings. The average molecular weight is 245 g/mol. The smallest absolute Gasteiger partial charge is 0.254 e. The van der Waals surface area contributed by atoms with E-state index in [-0.39, 0.29) is 11.4 Å². The van der Waals surface area contributed by atoms with Gasteiger partial charge in [0.15, 0.2) is 0 Å². The van der Waals surface area contributed by atoms with Gasteiger partial charge in [0, 0.05) is 18.5 Å². The van der Waals surface area contributed by atoms with Gasteiger partial charge in [-0.15, -0.1) is 0 Å². The predicted molar refractivity (Wildman–Crippen MR) is 68.6 cm³/mol. The zero-order valence-corrected chi connectivity index (χ0v) is 10.1. The molecule has 5 heteroatoms. The highest BCUT2D eigenvalue weighted by atomic mass is 16.5. The number of para-hydroxylation sites is 1. The van der Waals surface area contributed by atoms with Crippen molar-refractivity contribution in [3.8, 4) is 11.6 Å². The van der Waals surface area contributed by atoms with E-state index in [0.717, 1.165) is 5.56 Å². The van der Waals surface area contributed by atoms with Gasteiger partial charge in [0.2, 0.25) is 5.88 Å². The Morgan fingerprint density at radius 2 is 2.17 bits per heavy atom. The second kappa shape index (κ2) is 5.46. The Bertz CT molecular complexity index is 593. The van der Waals surface area contributed by atoms with E-state index in [4.69, 9.17) is 10.5 Å². The number of benzene rings is 1. The fourth-order valence-corrected chi connectivity index (χ4v) is 1.59. The number of ether oxygens (including phenoxy) is 1. The van der Waals surface area contributed by atoms with Crippen LogP contribution in [0.2, 0.25) is 0 Å². The third-order valence-electron chi connectivity index (χ3n) is 2.51. The van der Waals surface area contributed by atoms with Crippen molar-refractivity contribution < 1.29 is 4.74 Å². The number of aromatic amines is 1. The van der Waals surface area contributed by atoms with Crippen molar-refractivity contribution in [1.82, 2.24) is 9.97 Å². The fourth-order valence-electron chi connectivity index (χ4n) is 1.59. The number of aromatic nitrogens is 2. The SMILES string of the molecule is CCc1nc(Oc2ccccc2CN)cc(=O)[nH]1. The molecular weight excluding hydrogens is 230 g/mol. The summed E-state index contributed by atoms with van der Waals surface area (Å²) in [6.45, 7) is 2.29. The number of nitrogens with two attached hydrogens (primary N) is 1. The number of hydrogen-bond acceptors (Lipinski definition) is 4. The first kappa shape index (κ1) is 12.3. The molecule has 0 aliphatic heterocycles. The molecule has 0 saturated carbocycles. The quantitative estimate of drug-likeness (QED) is 0.857. The minimum absolute atomic E-state index is 0.220. The summed E-state index contributed by atoms with van der Waals surface area (Å²) in [4.78, 5) is 18.3. The Morgan fingerprint density at radius 3 is 2.89 bits per heavy atom. The average Bonchev–Trinajstić information content (AvgIpc) is 2.38. The standard InChI is InChI=1S/C13H15N3O2/c1-2-11-15-12(17)7-13(16-11)18-10-6-4-3-5-9(10)8-14/h3-7H,2,8,14H2,1H3,(H,15,16,17). The maximum atomic E-state index is 11.4. The van der Waals surface area contributed by atoms with Crippen molar-refractivity contribution in [1.29, 1.82) is 0 Å². The summed E-state index contributed by atoms with van der Waals surface area (Å²) in [6.07, 6.45) is 0.644. The maximum Gasteiger partial charge on any atom is 0.254 e. The molecule has 3 N–H and O–H groups in total. The molecule has 1 aromatic carbocycles. The lowest BCUT2D eigenvalue weighted by atomic mass is 10.2. The molecule has 0 radical (unpaired) electrons. The highest BCUT2D eigenvalue weighted by Crippen LogP contribution is 2.22. The Morgan fingerprint density at radius 1 is 1.39 bits per heavy atom. The summed E-state index contributed by atoms with van der Waals surface area (Å²) in [5, 5.41) is 0. The van der Waals surface area contributed by atoms with Crippen molar-refractivity contribution in [2.45, 2.75) is 19.9 Å². The largest absolute Gasteiger partial charge is 0.438 e. The van der Waals surface area contributed by atoms with Crippen LogP contribution in [-0.2, 0) is 13.0 Å². The Hall–Kier alpha value is -2.14. The molecule has 1 aromatic heterocycles. The monoisotopic (exact) mass is 245 g/mol. The second-order valence-corrected chi connectivity index (χ2v) is 3.80. The van der Waals surface area contributed by atoms with Crippen LogP contribution in [0.15, 0.2) is 35.1 Å². The summed E-state index contributed by atoms with van der Waals surface area (Å²) in [6, 6.07) is 8.74. The normalized spacial score (nSPS) is 10.3. The van der Waals surface area contributed by atoms with Gasteiger partial charge in [-0.25, -0.2) is 0 Å². The topological polar surface area (TPSA) is 81.0 Å². The van der Waals surface area contributed by atoms with Gasteiger partial charge in [-0.2, -0.15) is 4.98 Å². The molecule has 0 bridgehead atoms. The molecule has 0 fully saturated rings. The van der Waals surface area contributed by atoms with Gasteiger partial charge < -0.3 is 15.5 Å². The van der Waals surface area contributed by atoms with Gasteiger partial charge in [0.05, 0.1) is 6.07 Å². The Labute approximate surface area is 105 Å². The number of H-pyrrole nitrogens is 1. The Kier molecular flexibility index (Phi) is 3.74. The predicted octanol–water partition coefficient (Wildman–Crippen LogP) is 1.58. The molecule has 0 saturated heterocycles. The van der Waals surface area contributed by atoms with E-state index in [1.807, 2.05) is 25.1 Å². The lowest BCUT2D eigenvalue weighted by molar-refractivity contribution is 0.452. The lowest BCUT2D eigenvalue weighted by Gasteiger charge is -2.09. The number of nitrogens with zero attached hydrogens (tertiary/aromatic N) is 1. The van der Waals surface area contributed by atoms with Crippen LogP contribution < -0.4 is 16.0 Å². The van der Waals surface area contributed by atoms with Gasteiger partial charge in [-0.3, -0.25) is 4.79 Å². The van der Waals surface area contributed by atoms with Crippen LogP contribution in [-0.4, -0.2) is 9.97 Å². The first-order valence-electron chi connectivity index (χ1n) is 5.79. The first-order chi connectivity index (χ1) is 8.72. The second-order valence-electron chi connectivity index (χ2n) is 3.80. The summed E-state index contributed by atoms with van der Waals surface area (Å²) in [5.41, 5.74) is 6.27. The highest BCUT2D eigenvalue weighted by Gasteiger charge is 2.05. The lowest BCUT2D eigenvalue weighted by Crippen LogP contribution is -2.10. The molecule has 1 heterocycles. The van der Waals surface area contributed by atoms with Crippen molar-refractivity contribution in [3.63, 3.8) is 0 Å². The van der Waals surface area contributed by atoms with Crippen LogP contribution in [0.5, 0.6) is 11.6 Å². The van der Waals surface area contributed by atoms with Crippen molar-refractivity contribution in [2.75, 3.05) is 0 Å². The van der Waals surface area contributed by atoms with Gasteiger partial charge in [-0.05, 0) is 6.07 Å². The highest BCUT2D eigenvalue weighted by molar-refractivity contribution is 5.35. The zero-order valence-electron chi connectivity index (χ0n) is 10.1. The van der Waals surface area contributed by atoms with E-state index in [2.05, 4.69) is 9.97 Å². The van der Waals surface area contributed by atoms with Crippen LogP contribution in [0.4, 0.5) is 0 Å². The summed E-state index contributed by atoms with van der Waals surface area (Å²) in [5.74, 6) is 1.51. The number of aryl methyl sites for hydroxylation is 1. The van der Waals surface area contributed by atoms with Crippen LogP contribution in [0, 0.1) is 0 Å². The summed E-state index contributed by atoms with van der Waals surface area (Å²) < 4.78 is 5.61. The maximum absolute atomic E-state index is 11.4. The molecular formula is C13H15N3O2. The third-order valence-corrected chi connectivity index (χ3v) is 2.51. The molecule has 0 amide bonds. The van der Waals surface area contributed by atoms with Crippen LogP contribution in [0.1, 0.15) is 18.3 Å². The molecule has 94 valence electrons. The van der Waals surface area contributed by atoms with Crippen LogP contribution >= 0.6 is 0 Å². The number of hydrogen-bond donors (Lipinski definition) is 2. The molecule has 18 heavy (non-hydrogen) atoms. The molecule has 5 nitrogen and oxygen atoms in total. The molecule has 2 aromatic rings. The Balaban J connectivity index is 2.33. The van der Waals surface area contributed by atoms with E-state index in [9.17, 15) is 4.79 Å². The van der Waals surface area contributed by atoms with Crippen molar-refractivity contribution in [2.24, 2.45) is 5.73 Å². The summed E-state index contributed by atoms with van der Waals surface area (Å²) >= 11 is 0. The van der Waals surface area contributed by atoms with E-state index in [1.54, 1.807) is 6.07 Å². The van der Waals surface area contributed by atoms with Crippen LogP contribution in [0.25, 0.3) is 0 Å². The van der Waals surface area contributed by atoms with Gasteiger partial charge in [0.1, 0.15) is 11.6 Å². The van der Waals surface area contributed by atoms with E-state index < -0.39 is 0 Å². The zero-order chi connectivity index (χ0) is 13.0. The molecule has 2 rings (SSSR count). The minimum Gasteiger partial charge on any atom is -0.438 e. The fraction of sp³-hybridized carbons (Fsp3) is 0.231. The van der Waals surface area contributed by atoms with Crippen LogP contribution in [0.3, 0.4) is 0 Å². The van der Waals surface area contributed by atoms with E-state index in [1.165, 1.54) is 6.07 Å². The molecule has 0 unspecified atom stereocenters. The van der Waals surface area contributed by atoms with Crippen molar-refractivity contribution in [3.05, 3.63) is 52.1 Å².